The van der Waals surface area contributed by atoms with Gasteiger partial charge >= 0.3 is 0 Å². The molecule has 1 unspecified atom stereocenters. The average Bonchev–Trinajstić information content (AvgIpc) is 2.88. The molecule has 96 valence electrons. The largest absolute Gasteiger partial charge is 0.496 e. The first kappa shape index (κ1) is 13.6. The van der Waals surface area contributed by atoms with E-state index in [0.29, 0.717) is 6.37 Å². The van der Waals surface area contributed by atoms with Crippen molar-refractivity contribution < 1.29 is 9.47 Å². The summed E-state index contributed by atoms with van der Waals surface area (Å²) in [7, 11) is 3.34. The van der Waals surface area contributed by atoms with Gasteiger partial charge in [-0.2, -0.15) is 5.10 Å². The fraction of sp³-hybridized carbons (Fsp3) is 0.250. The van der Waals surface area contributed by atoms with Crippen LogP contribution in [0.3, 0.4) is 0 Å². The van der Waals surface area contributed by atoms with Crippen molar-refractivity contribution >= 4 is 28.4 Å². The van der Waals surface area contributed by atoms with Gasteiger partial charge in [-0.1, -0.05) is 0 Å². The molecular formula is C12H14IN2O2P. The Morgan fingerprint density at radius 3 is 2.22 bits per heavy atom. The Morgan fingerprint density at radius 1 is 1.17 bits per heavy atom. The predicted octanol–water partition coefficient (Wildman–Crippen LogP) is 3.67. The Morgan fingerprint density at radius 2 is 1.78 bits per heavy atom. The van der Waals surface area contributed by atoms with Crippen molar-refractivity contribution in [2.75, 3.05) is 14.2 Å². The Hall–Kier alpha value is -0.810. The summed E-state index contributed by atoms with van der Waals surface area (Å²) < 4.78 is 12.7. The van der Waals surface area contributed by atoms with Crippen LogP contribution in [0.25, 0.3) is 11.1 Å². The molecule has 0 aliphatic rings. The molecule has 0 saturated heterocycles. The topological polar surface area (TPSA) is 36.3 Å². The van der Waals surface area contributed by atoms with E-state index in [0.717, 1.165) is 28.2 Å². The molecule has 1 heterocycles. The fourth-order valence-corrected chi connectivity index (χ4v) is 2.85. The van der Waals surface area contributed by atoms with Gasteiger partial charge in [-0.15, -0.1) is 0 Å². The van der Waals surface area contributed by atoms with Gasteiger partial charge in [-0.05, 0) is 46.7 Å². The van der Waals surface area contributed by atoms with Gasteiger partial charge in [0.1, 0.15) is 11.5 Å². The maximum Gasteiger partial charge on any atom is 0.126 e. The highest BCUT2D eigenvalue weighted by Crippen LogP contribution is 2.35. The van der Waals surface area contributed by atoms with Crippen molar-refractivity contribution in [3.8, 4) is 22.6 Å². The van der Waals surface area contributed by atoms with E-state index in [9.17, 15) is 0 Å². The molecule has 1 atom stereocenters. The first-order chi connectivity index (χ1) is 8.69. The lowest BCUT2D eigenvalue weighted by atomic mass is 10.1. The van der Waals surface area contributed by atoms with Gasteiger partial charge in [-0.25, -0.2) is 4.45 Å². The second-order valence-corrected chi connectivity index (χ2v) is 5.84. The molecule has 0 aliphatic carbocycles. The van der Waals surface area contributed by atoms with Crippen molar-refractivity contribution in [1.82, 2.24) is 9.55 Å². The Balaban J connectivity index is 2.50. The van der Waals surface area contributed by atoms with Crippen LogP contribution in [0.15, 0.2) is 24.5 Å². The molecule has 1 aromatic carbocycles. The lowest BCUT2D eigenvalue weighted by Crippen LogP contribution is -1.93. The van der Waals surface area contributed by atoms with E-state index in [4.69, 9.17) is 9.47 Å². The molecule has 0 aliphatic heterocycles. The van der Waals surface area contributed by atoms with Crippen LogP contribution >= 0.6 is 28.4 Å². The minimum absolute atomic E-state index is 0.602. The van der Waals surface area contributed by atoms with E-state index in [-0.39, 0.29) is 0 Å². The minimum Gasteiger partial charge on any atom is -0.496 e. The lowest BCUT2D eigenvalue weighted by molar-refractivity contribution is 0.389. The number of aromatic nitrogens is 2. The zero-order chi connectivity index (χ0) is 13.1. The quantitative estimate of drug-likeness (QED) is 0.604. The highest BCUT2D eigenvalue weighted by atomic mass is 127. The number of hydrogen-bond donors (Lipinski definition) is 0. The number of halogens is 1. The molecule has 0 N–H and O–H groups in total. The molecule has 0 spiro atoms. The van der Waals surface area contributed by atoms with Gasteiger partial charge in [0, 0.05) is 17.3 Å². The molecule has 2 aromatic rings. The second kappa shape index (κ2) is 5.89. The summed E-state index contributed by atoms with van der Waals surface area (Å²) in [6.07, 6.45) is 4.48. The summed E-state index contributed by atoms with van der Waals surface area (Å²) in [5, 5.41) is 4.28. The number of methoxy groups -OCH3 is 2. The molecular weight excluding hydrogens is 362 g/mol. The van der Waals surface area contributed by atoms with E-state index in [1.54, 1.807) is 14.2 Å². The third-order valence-corrected chi connectivity index (χ3v) is 4.66. The summed E-state index contributed by atoms with van der Waals surface area (Å²) in [4.78, 5) is 0. The molecule has 0 radical (unpaired) electrons. The first-order valence-electron chi connectivity index (χ1n) is 5.34. The average molecular weight is 376 g/mol. The van der Waals surface area contributed by atoms with Gasteiger partial charge in [0.05, 0.1) is 26.8 Å². The summed E-state index contributed by atoms with van der Waals surface area (Å²) in [6, 6.07) is 4.02. The van der Waals surface area contributed by atoms with Gasteiger partial charge in [0.2, 0.25) is 0 Å². The van der Waals surface area contributed by atoms with Crippen LogP contribution in [-0.2, 0) is 0 Å². The van der Waals surface area contributed by atoms with Crippen LogP contribution < -0.4 is 9.47 Å². The lowest BCUT2D eigenvalue weighted by Gasteiger charge is -2.11. The van der Waals surface area contributed by atoms with Crippen molar-refractivity contribution in [2.45, 2.75) is 6.92 Å². The summed E-state index contributed by atoms with van der Waals surface area (Å²) in [6.45, 7) is 1.98. The third-order valence-electron chi connectivity index (χ3n) is 2.75. The van der Waals surface area contributed by atoms with Crippen molar-refractivity contribution in [3.63, 3.8) is 0 Å². The Bertz CT molecular complexity index is 532. The maximum absolute atomic E-state index is 5.38. The number of benzene rings is 1. The molecule has 0 amide bonds. The molecule has 6 heteroatoms. The van der Waals surface area contributed by atoms with E-state index in [2.05, 4.69) is 27.1 Å². The predicted molar refractivity (Wildman–Crippen MR) is 83.2 cm³/mol. The molecule has 1 aromatic heterocycles. The normalized spacial score (nSPS) is 11.1. The van der Waals surface area contributed by atoms with Gasteiger partial charge in [0.15, 0.2) is 0 Å². The van der Waals surface area contributed by atoms with Crippen LogP contribution in [0.1, 0.15) is 5.56 Å². The first-order valence-corrected chi connectivity index (χ1v) is 9.40. The zero-order valence-electron chi connectivity index (χ0n) is 10.4. The second-order valence-electron chi connectivity index (χ2n) is 3.76. The van der Waals surface area contributed by atoms with Crippen LogP contribution in [-0.4, -0.2) is 23.8 Å². The standard InChI is InChI=1S/C12H14IN2O2P/c1-8-11(16-2)4-9(5-12(8)17-3)10-6-14-15(7-10)18-13/h4-7,18H,1-3H3. The van der Waals surface area contributed by atoms with Crippen LogP contribution in [0.5, 0.6) is 11.5 Å². The SMILES string of the molecule is COc1cc(-c2cnn(PI)c2)cc(OC)c1C. The fourth-order valence-electron chi connectivity index (χ4n) is 1.77. The van der Waals surface area contributed by atoms with Crippen LogP contribution in [0, 0.1) is 6.92 Å². The molecule has 2 rings (SSSR count). The van der Waals surface area contributed by atoms with Gasteiger partial charge in [-0.3, -0.25) is 0 Å². The summed E-state index contributed by atoms with van der Waals surface area (Å²) >= 11 is 2.30. The van der Waals surface area contributed by atoms with Crippen molar-refractivity contribution in [2.24, 2.45) is 0 Å². The molecule has 0 fully saturated rings. The van der Waals surface area contributed by atoms with Gasteiger partial charge in [0.25, 0.3) is 0 Å². The third kappa shape index (κ3) is 2.62. The number of rotatable bonds is 4. The van der Waals surface area contributed by atoms with E-state index in [1.165, 1.54) is 0 Å². The number of hydrogen-bond acceptors (Lipinski definition) is 3. The van der Waals surface area contributed by atoms with Gasteiger partial charge < -0.3 is 9.47 Å². The molecule has 4 nitrogen and oxygen atoms in total. The Kier molecular flexibility index (Phi) is 4.45. The van der Waals surface area contributed by atoms with Crippen molar-refractivity contribution in [1.29, 1.82) is 0 Å². The monoisotopic (exact) mass is 376 g/mol. The molecule has 0 saturated carbocycles. The summed E-state index contributed by atoms with van der Waals surface area (Å²) in [5.41, 5.74) is 3.12. The molecule has 0 bridgehead atoms. The highest BCUT2D eigenvalue weighted by Gasteiger charge is 2.10. The van der Waals surface area contributed by atoms with Crippen LogP contribution in [0.4, 0.5) is 0 Å². The molecule has 18 heavy (non-hydrogen) atoms. The van der Waals surface area contributed by atoms with Crippen molar-refractivity contribution in [3.05, 3.63) is 30.1 Å². The maximum atomic E-state index is 5.38. The smallest absolute Gasteiger partial charge is 0.126 e. The number of nitrogens with zero attached hydrogens (tertiary/aromatic N) is 2. The van der Waals surface area contributed by atoms with E-state index >= 15 is 0 Å². The Labute approximate surface area is 121 Å². The van der Waals surface area contributed by atoms with Crippen LogP contribution in [0.2, 0.25) is 0 Å². The van der Waals surface area contributed by atoms with E-state index in [1.807, 2.05) is 35.9 Å². The zero-order valence-corrected chi connectivity index (χ0v) is 13.6. The highest BCUT2D eigenvalue weighted by molar-refractivity contribution is 14.2. The summed E-state index contributed by atoms with van der Waals surface area (Å²) in [5.74, 6) is 1.66. The minimum atomic E-state index is 0.602. The van der Waals surface area contributed by atoms with E-state index < -0.39 is 0 Å². The number of ether oxygens (including phenoxy) is 2.